The number of halogens is 1. The molecule has 0 saturated carbocycles. The van der Waals surface area contributed by atoms with Crippen molar-refractivity contribution in [3.63, 3.8) is 0 Å². The van der Waals surface area contributed by atoms with Crippen molar-refractivity contribution in [2.45, 2.75) is 49.2 Å². The lowest BCUT2D eigenvalue weighted by molar-refractivity contribution is -0.132. The number of carbonyl (C=O) groups excluding carboxylic acids is 2. The summed E-state index contributed by atoms with van der Waals surface area (Å²) < 4.78 is 16.4. The van der Waals surface area contributed by atoms with Gasteiger partial charge < -0.3 is 5.11 Å². The summed E-state index contributed by atoms with van der Waals surface area (Å²) in [6.45, 7) is 8.05. The highest BCUT2D eigenvalue weighted by molar-refractivity contribution is 8.00. The molecule has 8 nitrogen and oxygen atoms in total. The number of nitrogens with zero attached hydrogens (tertiary/aromatic N) is 5. The van der Waals surface area contributed by atoms with Gasteiger partial charge in [0.25, 0.3) is 5.78 Å². The van der Waals surface area contributed by atoms with Crippen LogP contribution >= 0.6 is 23.1 Å². The van der Waals surface area contributed by atoms with E-state index in [2.05, 4.69) is 36.0 Å². The second-order valence-corrected chi connectivity index (χ2v) is 13.4. The Kier molecular flexibility index (Phi) is 7.39. The van der Waals surface area contributed by atoms with E-state index in [0.29, 0.717) is 38.3 Å². The average molecular weight is 614 g/mol. The molecule has 0 spiro atoms. The van der Waals surface area contributed by atoms with E-state index in [1.807, 2.05) is 30.3 Å². The van der Waals surface area contributed by atoms with Crippen LogP contribution in [0.4, 0.5) is 9.52 Å². The van der Waals surface area contributed by atoms with E-state index in [0.717, 1.165) is 16.9 Å². The molecule has 2 aromatic carbocycles. The molecular formula is C32H28FN5O3S2. The number of fused-ring (bicyclic) bond motifs is 1. The highest BCUT2D eigenvalue weighted by Gasteiger charge is 2.49. The smallest absolute Gasteiger partial charge is 0.301 e. The second-order valence-electron chi connectivity index (χ2n) is 11.2. The first-order valence-electron chi connectivity index (χ1n) is 13.6. The maximum absolute atomic E-state index is 14.2. The van der Waals surface area contributed by atoms with Gasteiger partial charge in [-0.3, -0.25) is 18.9 Å². The SMILES string of the molecule is Cc1nc2ccccn2c1C(O)=C1C(=O)C(=O)N(c2nnc(SCc3ccccc3F)s2)C1c1ccc(C(C)(C)C)cc1. The average Bonchev–Trinajstić information content (AvgIpc) is 3.65. The maximum atomic E-state index is 14.2. The number of anilines is 1. The number of aliphatic hydroxyl groups is 1. The molecule has 1 N–H and O–H groups in total. The summed E-state index contributed by atoms with van der Waals surface area (Å²) >= 11 is 2.42. The first-order chi connectivity index (χ1) is 20.5. The molecule has 1 aliphatic heterocycles. The number of aromatic nitrogens is 4. The molecule has 1 atom stereocenters. The largest absolute Gasteiger partial charge is 0.505 e. The summed E-state index contributed by atoms with van der Waals surface area (Å²) in [7, 11) is 0. The molecule has 0 radical (unpaired) electrons. The number of benzene rings is 2. The van der Waals surface area contributed by atoms with Crippen LogP contribution in [0.5, 0.6) is 0 Å². The van der Waals surface area contributed by atoms with Crippen LogP contribution in [0, 0.1) is 12.7 Å². The van der Waals surface area contributed by atoms with Gasteiger partial charge in [-0.05, 0) is 47.2 Å². The van der Waals surface area contributed by atoms with Crippen molar-refractivity contribution in [1.82, 2.24) is 19.6 Å². The summed E-state index contributed by atoms with van der Waals surface area (Å²) in [6, 6.07) is 18.6. The molecule has 1 aliphatic rings. The normalized spacial score (nSPS) is 16.9. The third-order valence-electron chi connectivity index (χ3n) is 7.38. The van der Waals surface area contributed by atoms with Crippen LogP contribution in [-0.2, 0) is 20.8 Å². The topological polar surface area (TPSA) is 101 Å². The fraction of sp³-hybridized carbons (Fsp3) is 0.219. The zero-order valence-electron chi connectivity index (χ0n) is 23.9. The Hall–Kier alpha value is -4.35. The van der Waals surface area contributed by atoms with E-state index >= 15 is 0 Å². The van der Waals surface area contributed by atoms with Crippen LogP contribution in [-0.4, -0.2) is 36.4 Å². The van der Waals surface area contributed by atoms with Crippen molar-refractivity contribution < 1.29 is 19.1 Å². The zero-order valence-corrected chi connectivity index (χ0v) is 25.5. The number of amides is 1. The number of pyridine rings is 1. The Balaban J connectivity index is 1.45. The van der Waals surface area contributed by atoms with Crippen molar-refractivity contribution in [2.24, 2.45) is 0 Å². The van der Waals surface area contributed by atoms with Crippen LogP contribution < -0.4 is 4.90 Å². The molecule has 0 bridgehead atoms. The number of hydrogen-bond acceptors (Lipinski definition) is 8. The Morgan fingerprint density at radius 1 is 1.02 bits per heavy atom. The third kappa shape index (κ3) is 5.23. The van der Waals surface area contributed by atoms with Crippen molar-refractivity contribution in [3.05, 3.63) is 112 Å². The second kappa shape index (κ2) is 11.1. The van der Waals surface area contributed by atoms with Gasteiger partial charge in [0.15, 0.2) is 10.1 Å². The Morgan fingerprint density at radius 2 is 1.74 bits per heavy atom. The minimum absolute atomic E-state index is 0.0574. The summed E-state index contributed by atoms with van der Waals surface area (Å²) in [6.07, 6.45) is 1.75. The number of ketones is 1. The van der Waals surface area contributed by atoms with E-state index in [4.69, 9.17) is 0 Å². The quantitative estimate of drug-likeness (QED) is 0.0735. The highest BCUT2D eigenvalue weighted by Crippen LogP contribution is 2.44. The Bertz CT molecular complexity index is 1910. The van der Waals surface area contributed by atoms with E-state index in [9.17, 15) is 19.1 Å². The predicted molar refractivity (Wildman–Crippen MR) is 166 cm³/mol. The number of rotatable bonds is 6. The molecule has 1 amide bonds. The Morgan fingerprint density at radius 3 is 2.47 bits per heavy atom. The molecule has 4 heterocycles. The van der Waals surface area contributed by atoms with Gasteiger partial charge in [-0.1, -0.05) is 92.4 Å². The molecule has 0 aliphatic carbocycles. The van der Waals surface area contributed by atoms with Crippen LogP contribution in [0.3, 0.4) is 0 Å². The lowest BCUT2D eigenvalue weighted by Gasteiger charge is -2.24. The standard InChI is InChI=1S/C32H28FN5O3S2/c1-18-25(37-16-8-7-11-23(37)34-18)27(39)24-26(19-12-14-21(15-13-19)32(2,3)4)38(29(41)28(24)40)30-35-36-31(43-30)42-17-20-9-5-6-10-22(20)33/h5-16,26,39H,17H2,1-4H3. The molecule has 1 fully saturated rings. The van der Waals surface area contributed by atoms with Gasteiger partial charge in [0.1, 0.15) is 17.2 Å². The van der Waals surface area contributed by atoms with E-state index < -0.39 is 17.7 Å². The lowest BCUT2D eigenvalue weighted by Crippen LogP contribution is -2.29. The molecule has 43 heavy (non-hydrogen) atoms. The van der Waals surface area contributed by atoms with Gasteiger partial charge in [-0.2, -0.15) is 0 Å². The number of imidazole rings is 1. The van der Waals surface area contributed by atoms with Gasteiger partial charge >= 0.3 is 5.91 Å². The first-order valence-corrected chi connectivity index (χ1v) is 15.4. The zero-order chi connectivity index (χ0) is 30.5. The maximum Gasteiger partial charge on any atom is 0.301 e. The number of Topliss-reactive ketones (excluding diaryl/α,β-unsaturated/α-hetero) is 1. The van der Waals surface area contributed by atoms with Gasteiger partial charge in [0, 0.05) is 11.9 Å². The molecule has 1 saturated heterocycles. The molecule has 6 rings (SSSR count). The van der Waals surface area contributed by atoms with E-state index in [-0.39, 0.29) is 27.7 Å². The van der Waals surface area contributed by atoms with E-state index in [1.165, 1.54) is 22.7 Å². The fourth-order valence-corrected chi connectivity index (χ4v) is 7.00. The predicted octanol–water partition coefficient (Wildman–Crippen LogP) is 6.85. The number of aryl methyl sites for hydroxylation is 1. The molecule has 3 aromatic heterocycles. The number of hydrogen-bond donors (Lipinski definition) is 1. The van der Waals surface area contributed by atoms with Crippen molar-refractivity contribution >= 4 is 51.3 Å². The highest BCUT2D eigenvalue weighted by atomic mass is 32.2. The monoisotopic (exact) mass is 613 g/mol. The summed E-state index contributed by atoms with van der Waals surface area (Å²) in [5.74, 6) is -1.96. The number of thioether (sulfide) groups is 1. The molecule has 5 aromatic rings. The lowest BCUT2D eigenvalue weighted by atomic mass is 9.85. The molecule has 1 unspecified atom stereocenters. The van der Waals surface area contributed by atoms with Crippen LogP contribution in [0.15, 0.2) is 82.8 Å². The van der Waals surface area contributed by atoms with Crippen LogP contribution in [0.1, 0.15) is 54.9 Å². The van der Waals surface area contributed by atoms with Crippen molar-refractivity contribution in [2.75, 3.05) is 4.90 Å². The van der Waals surface area contributed by atoms with Gasteiger partial charge in [0.2, 0.25) is 5.13 Å². The number of aliphatic hydroxyl groups excluding tert-OH is 1. The van der Waals surface area contributed by atoms with E-state index in [1.54, 1.807) is 47.9 Å². The van der Waals surface area contributed by atoms with Crippen molar-refractivity contribution in [1.29, 1.82) is 0 Å². The summed E-state index contributed by atoms with van der Waals surface area (Å²) in [5.41, 5.74) is 3.51. The minimum atomic E-state index is -0.958. The van der Waals surface area contributed by atoms with Gasteiger partial charge in [-0.25, -0.2) is 9.37 Å². The summed E-state index contributed by atoms with van der Waals surface area (Å²) in [4.78, 5) is 33.2. The van der Waals surface area contributed by atoms with Crippen LogP contribution in [0.25, 0.3) is 11.4 Å². The number of carbonyl (C=O) groups is 2. The van der Waals surface area contributed by atoms with Crippen molar-refractivity contribution in [3.8, 4) is 0 Å². The van der Waals surface area contributed by atoms with Crippen LogP contribution in [0.2, 0.25) is 0 Å². The molecule has 218 valence electrons. The van der Waals surface area contributed by atoms with Gasteiger partial charge in [0.05, 0.1) is 17.3 Å². The first kappa shape index (κ1) is 28.8. The minimum Gasteiger partial charge on any atom is -0.505 e. The third-order valence-corrected chi connectivity index (χ3v) is 9.48. The molecule has 11 heteroatoms. The summed E-state index contributed by atoms with van der Waals surface area (Å²) in [5, 5.41) is 20.4. The fourth-order valence-electron chi connectivity index (χ4n) is 5.15. The Labute approximate surface area is 255 Å². The van der Waals surface area contributed by atoms with Gasteiger partial charge in [-0.15, -0.1) is 10.2 Å². The molecular weight excluding hydrogens is 586 g/mol.